The van der Waals surface area contributed by atoms with Crippen LogP contribution in [-0.2, 0) is 9.53 Å². The minimum atomic E-state index is -0.998. The van der Waals surface area contributed by atoms with E-state index >= 15 is 0 Å². The number of aryl methyl sites for hydroxylation is 1. The second-order valence-electron chi connectivity index (χ2n) is 4.57. The lowest BCUT2D eigenvalue weighted by molar-refractivity contribution is -0.117. The molecule has 6 heteroatoms. The van der Waals surface area contributed by atoms with Gasteiger partial charge in [0, 0.05) is 19.4 Å². The molecule has 1 aromatic rings. The average molecular weight is 280 g/mol. The molecule has 6 nitrogen and oxygen atoms in total. The van der Waals surface area contributed by atoms with Gasteiger partial charge in [0.1, 0.15) is 0 Å². The summed E-state index contributed by atoms with van der Waals surface area (Å²) in [7, 11) is 1.60. The van der Waals surface area contributed by atoms with Crippen molar-refractivity contribution in [1.82, 2.24) is 0 Å². The lowest BCUT2D eigenvalue weighted by Crippen LogP contribution is -2.35. The van der Waals surface area contributed by atoms with Crippen molar-refractivity contribution >= 4 is 17.6 Å². The molecule has 0 aliphatic heterocycles. The van der Waals surface area contributed by atoms with Gasteiger partial charge in [0.2, 0.25) is 5.91 Å². The molecule has 0 aliphatic carbocycles. The highest BCUT2D eigenvalue weighted by Crippen LogP contribution is 2.17. The number of methoxy groups -OCH3 is 1. The molecular formula is C14H20N2O4. The van der Waals surface area contributed by atoms with Crippen LogP contribution in [0.4, 0.5) is 5.69 Å². The zero-order valence-electron chi connectivity index (χ0n) is 11.7. The van der Waals surface area contributed by atoms with E-state index in [1.54, 1.807) is 20.1 Å². The summed E-state index contributed by atoms with van der Waals surface area (Å²) in [6.07, 6.45) is 1.24. The molecule has 1 amide bonds. The molecule has 0 saturated carbocycles. The Morgan fingerprint density at radius 2 is 2.15 bits per heavy atom. The fourth-order valence-corrected chi connectivity index (χ4v) is 1.74. The third-order valence-electron chi connectivity index (χ3n) is 2.93. The molecule has 0 heterocycles. The molecule has 110 valence electrons. The average Bonchev–Trinajstić information content (AvgIpc) is 2.40. The first-order valence-electron chi connectivity index (χ1n) is 6.35. The van der Waals surface area contributed by atoms with Gasteiger partial charge in [-0.05, 0) is 43.5 Å². The number of anilines is 1. The quantitative estimate of drug-likeness (QED) is 0.655. The molecule has 0 radical (unpaired) electrons. The lowest BCUT2D eigenvalue weighted by Gasteiger charge is -2.14. The molecular weight excluding hydrogens is 260 g/mol. The van der Waals surface area contributed by atoms with Gasteiger partial charge < -0.3 is 20.9 Å². The summed E-state index contributed by atoms with van der Waals surface area (Å²) in [6.45, 7) is 2.30. The Hall–Kier alpha value is -1.92. The van der Waals surface area contributed by atoms with Crippen LogP contribution < -0.4 is 11.1 Å². The molecule has 1 atom stereocenters. The fourth-order valence-electron chi connectivity index (χ4n) is 1.74. The molecule has 1 unspecified atom stereocenters. The molecule has 20 heavy (non-hydrogen) atoms. The topological polar surface area (TPSA) is 102 Å². The van der Waals surface area contributed by atoms with Crippen molar-refractivity contribution in [2.45, 2.75) is 25.8 Å². The lowest BCUT2D eigenvalue weighted by atomic mass is 10.1. The zero-order chi connectivity index (χ0) is 15.1. The van der Waals surface area contributed by atoms with E-state index in [1.165, 1.54) is 12.1 Å². The normalized spacial score (nSPS) is 11.9. The Kier molecular flexibility index (Phi) is 6.14. The molecule has 0 saturated heterocycles. The molecule has 0 fully saturated rings. The van der Waals surface area contributed by atoms with Crippen molar-refractivity contribution in [3.05, 3.63) is 29.3 Å². The van der Waals surface area contributed by atoms with E-state index in [0.29, 0.717) is 30.7 Å². The van der Waals surface area contributed by atoms with Crippen LogP contribution in [-0.4, -0.2) is 36.7 Å². The minimum absolute atomic E-state index is 0.185. The second-order valence-corrected chi connectivity index (χ2v) is 4.57. The second kappa shape index (κ2) is 7.62. The Balaban J connectivity index is 2.64. The van der Waals surface area contributed by atoms with Gasteiger partial charge in [-0.3, -0.25) is 4.79 Å². The monoisotopic (exact) mass is 280 g/mol. The summed E-state index contributed by atoms with van der Waals surface area (Å²) in [5.74, 6) is -1.28. The number of ether oxygens (including phenoxy) is 1. The number of aromatic carboxylic acids is 1. The fraction of sp³-hybridized carbons (Fsp3) is 0.429. The maximum atomic E-state index is 11.9. The Labute approximate surface area is 117 Å². The standard InChI is InChI=1S/C14H20N2O4/c1-9-8-10(14(18)19)5-6-12(9)16-13(17)11(15)4-3-7-20-2/h5-6,8,11H,3-4,7,15H2,1-2H3,(H,16,17)(H,18,19). The summed E-state index contributed by atoms with van der Waals surface area (Å²) >= 11 is 0. The highest BCUT2D eigenvalue weighted by molar-refractivity contribution is 5.96. The number of carboxylic acid groups (broad SMARTS) is 1. The third-order valence-corrected chi connectivity index (χ3v) is 2.93. The van der Waals surface area contributed by atoms with Crippen LogP contribution in [0.25, 0.3) is 0 Å². The number of nitrogens with one attached hydrogen (secondary N) is 1. The van der Waals surface area contributed by atoms with Crippen LogP contribution in [0.5, 0.6) is 0 Å². The van der Waals surface area contributed by atoms with Gasteiger partial charge in [-0.25, -0.2) is 4.79 Å². The van der Waals surface area contributed by atoms with Gasteiger partial charge in [-0.15, -0.1) is 0 Å². The number of nitrogens with two attached hydrogens (primary N) is 1. The van der Waals surface area contributed by atoms with E-state index in [1.807, 2.05) is 0 Å². The van der Waals surface area contributed by atoms with Crippen LogP contribution >= 0.6 is 0 Å². The summed E-state index contributed by atoms with van der Waals surface area (Å²) in [5, 5.41) is 11.6. The van der Waals surface area contributed by atoms with E-state index in [-0.39, 0.29) is 11.5 Å². The first kappa shape index (κ1) is 16.1. The van der Waals surface area contributed by atoms with Gasteiger partial charge >= 0.3 is 5.97 Å². The van der Waals surface area contributed by atoms with Crippen molar-refractivity contribution in [2.75, 3.05) is 19.0 Å². The number of hydrogen-bond acceptors (Lipinski definition) is 4. The van der Waals surface area contributed by atoms with E-state index in [2.05, 4.69) is 5.32 Å². The highest BCUT2D eigenvalue weighted by Gasteiger charge is 2.14. The summed E-state index contributed by atoms with van der Waals surface area (Å²) < 4.78 is 4.90. The Morgan fingerprint density at radius 1 is 1.45 bits per heavy atom. The maximum absolute atomic E-state index is 11.9. The molecule has 1 aromatic carbocycles. The number of amides is 1. The summed E-state index contributed by atoms with van der Waals surface area (Å²) in [5.41, 5.74) is 7.21. The predicted molar refractivity (Wildman–Crippen MR) is 75.9 cm³/mol. The van der Waals surface area contributed by atoms with E-state index in [9.17, 15) is 9.59 Å². The number of benzene rings is 1. The molecule has 0 bridgehead atoms. The molecule has 0 aromatic heterocycles. The van der Waals surface area contributed by atoms with Crippen LogP contribution in [0.1, 0.15) is 28.8 Å². The van der Waals surface area contributed by atoms with Crippen LogP contribution in [0.15, 0.2) is 18.2 Å². The van der Waals surface area contributed by atoms with Gasteiger partial charge in [0.15, 0.2) is 0 Å². The number of carboxylic acids is 1. The molecule has 1 rings (SSSR count). The minimum Gasteiger partial charge on any atom is -0.478 e. The zero-order valence-corrected chi connectivity index (χ0v) is 11.7. The molecule has 4 N–H and O–H groups in total. The van der Waals surface area contributed by atoms with Crippen molar-refractivity contribution in [1.29, 1.82) is 0 Å². The van der Waals surface area contributed by atoms with Gasteiger partial charge in [-0.2, -0.15) is 0 Å². The van der Waals surface area contributed by atoms with Gasteiger partial charge in [0.05, 0.1) is 11.6 Å². The highest BCUT2D eigenvalue weighted by atomic mass is 16.5. The largest absolute Gasteiger partial charge is 0.478 e. The van der Waals surface area contributed by atoms with Crippen molar-refractivity contribution in [2.24, 2.45) is 5.73 Å². The van der Waals surface area contributed by atoms with Gasteiger partial charge in [0.25, 0.3) is 0 Å². The molecule has 0 aliphatic rings. The first-order chi connectivity index (χ1) is 9.45. The number of carbonyl (C=O) groups excluding carboxylic acids is 1. The summed E-state index contributed by atoms with van der Waals surface area (Å²) in [4.78, 5) is 22.7. The van der Waals surface area contributed by atoms with Crippen molar-refractivity contribution < 1.29 is 19.4 Å². The third kappa shape index (κ3) is 4.64. The Bertz CT molecular complexity index is 488. The number of hydrogen-bond donors (Lipinski definition) is 3. The van der Waals surface area contributed by atoms with E-state index in [4.69, 9.17) is 15.6 Å². The van der Waals surface area contributed by atoms with E-state index in [0.717, 1.165) is 0 Å². The number of carbonyl (C=O) groups is 2. The Morgan fingerprint density at radius 3 is 2.70 bits per heavy atom. The van der Waals surface area contributed by atoms with Crippen molar-refractivity contribution in [3.8, 4) is 0 Å². The van der Waals surface area contributed by atoms with Gasteiger partial charge in [-0.1, -0.05) is 0 Å². The first-order valence-corrected chi connectivity index (χ1v) is 6.35. The SMILES string of the molecule is COCCCC(N)C(=O)Nc1ccc(C(=O)O)cc1C. The predicted octanol–water partition coefficient (Wildman–Crippen LogP) is 1.39. The molecule has 0 spiro atoms. The van der Waals surface area contributed by atoms with Crippen molar-refractivity contribution in [3.63, 3.8) is 0 Å². The summed E-state index contributed by atoms with van der Waals surface area (Å²) in [6, 6.07) is 3.91. The van der Waals surface area contributed by atoms with Crippen LogP contribution in [0.3, 0.4) is 0 Å². The van der Waals surface area contributed by atoms with Crippen LogP contribution in [0, 0.1) is 6.92 Å². The smallest absolute Gasteiger partial charge is 0.335 e. The van der Waals surface area contributed by atoms with E-state index < -0.39 is 12.0 Å². The number of rotatable bonds is 7. The maximum Gasteiger partial charge on any atom is 0.335 e. The van der Waals surface area contributed by atoms with Crippen LogP contribution in [0.2, 0.25) is 0 Å².